The summed E-state index contributed by atoms with van der Waals surface area (Å²) in [6.45, 7) is 4.70. The van der Waals surface area contributed by atoms with Crippen molar-refractivity contribution in [1.29, 1.82) is 0 Å². The van der Waals surface area contributed by atoms with Crippen molar-refractivity contribution in [3.8, 4) is 50.2 Å². The molecule has 0 fully saturated rings. The smallest absolute Gasteiger partial charge is 0.0547 e. The van der Waals surface area contributed by atoms with Gasteiger partial charge in [0.1, 0.15) is 0 Å². The number of pyridine rings is 3. The molecule has 10 rings (SSSR count). The van der Waals surface area contributed by atoms with Gasteiger partial charge in [0.25, 0.3) is 0 Å². The van der Waals surface area contributed by atoms with Crippen LogP contribution in [0.5, 0.6) is 0 Å². The molecule has 0 unspecified atom stereocenters. The zero-order valence-electron chi connectivity index (χ0n) is 27.8. The van der Waals surface area contributed by atoms with E-state index in [1.807, 2.05) is 37.2 Å². The monoisotopic (exact) mass is 640 g/mol. The zero-order valence-corrected chi connectivity index (χ0v) is 27.8. The van der Waals surface area contributed by atoms with E-state index in [-0.39, 0.29) is 5.41 Å². The second kappa shape index (κ2) is 10.8. The molecule has 0 bridgehead atoms. The topological polar surface area (TPSA) is 43.6 Å². The fourth-order valence-corrected chi connectivity index (χ4v) is 8.34. The van der Waals surface area contributed by atoms with Gasteiger partial charge >= 0.3 is 0 Å². The fraction of sp³-hybridized carbons (Fsp3) is 0.0652. The molecule has 4 aromatic heterocycles. The molecule has 4 heteroatoms. The first-order valence-corrected chi connectivity index (χ1v) is 17.1. The summed E-state index contributed by atoms with van der Waals surface area (Å²) in [7, 11) is 0. The number of aromatic nitrogens is 4. The van der Waals surface area contributed by atoms with Crippen molar-refractivity contribution in [2.75, 3.05) is 0 Å². The van der Waals surface area contributed by atoms with Crippen LogP contribution in [-0.2, 0) is 5.41 Å². The van der Waals surface area contributed by atoms with Crippen molar-refractivity contribution in [3.05, 3.63) is 170 Å². The molecule has 0 saturated heterocycles. The Hall–Kier alpha value is -6.39. The third kappa shape index (κ3) is 4.15. The highest BCUT2D eigenvalue weighted by Crippen LogP contribution is 2.52. The molecule has 0 radical (unpaired) electrons. The minimum Gasteiger partial charge on any atom is -0.309 e. The summed E-state index contributed by atoms with van der Waals surface area (Å²) in [5, 5.41) is 5.06. The van der Waals surface area contributed by atoms with E-state index >= 15 is 0 Å². The van der Waals surface area contributed by atoms with Crippen LogP contribution in [0.15, 0.2) is 159 Å². The molecule has 0 amide bonds. The second-order valence-electron chi connectivity index (χ2n) is 13.7. The lowest BCUT2D eigenvalue weighted by Gasteiger charge is -2.21. The Bertz CT molecular complexity index is 2720. The van der Waals surface area contributed by atoms with E-state index in [4.69, 9.17) is 4.98 Å². The van der Waals surface area contributed by atoms with Crippen LogP contribution < -0.4 is 0 Å². The number of rotatable bonds is 4. The van der Waals surface area contributed by atoms with E-state index in [0.717, 1.165) is 39.1 Å². The average molecular weight is 641 g/mol. The maximum Gasteiger partial charge on any atom is 0.0547 e. The Balaban J connectivity index is 1.26. The van der Waals surface area contributed by atoms with Crippen LogP contribution in [0.4, 0.5) is 0 Å². The number of nitrogens with zero attached hydrogens (tertiary/aromatic N) is 4. The Morgan fingerprint density at radius 2 is 1.16 bits per heavy atom. The van der Waals surface area contributed by atoms with Crippen molar-refractivity contribution < 1.29 is 0 Å². The minimum absolute atomic E-state index is 0.0559. The Morgan fingerprint density at radius 1 is 0.460 bits per heavy atom. The molecule has 4 nitrogen and oxygen atoms in total. The normalized spacial score (nSPS) is 13.2. The third-order valence-corrected chi connectivity index (χ3v) is 10.7. The number of para-hydroxylation sites is 1. The molecule has 0 spiro atoms. The molecule has 0 N–H and O–H groups in total. The van der Waals surface area contributed by atoms with Crippen LogP contribution in [0.2, 0.25) is 0 Å². The van der Waals surface area contributed by atoms with Crippen LogP contribution in [0, 0.1) is 0 Å². The molecule has 1 aliphatic rings. The van der Waals surface area contributed by atoms with E-state index in [0.29, 0.717) is 0 Å². The largest absolute Gasteiger partial charge is 0.309 e. The van der Waals surface area contributed by atoms with Gasteiger partial charge in [-0.15, -0.1) is 0 Å². The summed E-state index contributed by atoms with van der Waals surface area (Å²) in [5.41, 5.74) is 15.4. The van der Waals surface area contributed by atoms with Gasteiger partial charge in [0.05, 0.1) is 11.0 Å². The first-order chi connectivity index (χ1) is 24.6. The summed E-state index contributed by atoms with van der Waals surface area (Å²) >= 11 is 0. The molecule has 0 saturated carbocycles. The first kappa shape index (κ1) is 28.6. The van der Waals surface area contributed by atoms with E-state index < -0.39 is 0 Å². The highest BCUT2D eigenvalue weighted by molar-refractivity contribution is 6.16. The molecule has 9 aromatic rings. The third-order valence-electron chi connectivity index (χ3n) is 10.7. The van der Waals surface area contributed by atoms with Gasteiger partial charge in [-0.2, -0.15) is 0 Å². The van der Waals surface area contributed by atoms with Crippen LogP contribution in [0.3, 0.4) is 0 Å². The van der Waals surface area contributed by atoms with Crippen LogP contribution >= 0.6 is 0 Å². The van der Waals surface area contributed by atoms with Crippen LogP contribution in [0.25, 0.3) is 82.8 Å². The Labute approximate surface area is 290 Å². The summed E-state index contributed by atoms with van der Waals surface area (Å²) in [4.78, 5) is 13.3. The molecule has 0 aliphatic heterocycles. The predicted molar refractivity (Wildman–Crippen MR) is 206 cm³/mol. The summed E-state index contributed by atoms with van der Waals surface area (Å²) in [6, 6.07) is 44.4. The van der Waals surface area contributed by atoms with Crippen molar-refractivity contribution in [2.45, 2.75) is 19.3 Å². The van der Waals surface area contributed by atoms with Crippen molar-refractivity contribution in [2.24, 2.45) is 0 Å². The number of hydrogen-bond acceptors (Lipinski definition) is 3. The maximum absolute atomic E-state index is 4.72. The highest BCUT2D eigenvalue weighted by atomic mass is 15.0. The minimum atomic E-state index is -0.0559. The highest BCUT2D eigenvalue weighted by Gasteiger charge is 2.36. The van der Waals surface area contributed by atoms with E-state index in [1.165, 1.54) is 54.8 Å². The fourth-order valence-electron chi connectivity index (χ4n) is 8.34. The molecule has 236 valence electrons. The lowest BCUT2D eigenvalue weighted by molar-refractivity contribution is 0.661. The average Bonchev–Trinajstić information content (AvgIpc) is 3.62. The van der Waals surface area contributed by atoms with Gasteiger partial charge in [0.2, 0.25) is 0 Å². The molecule has 5 aromatic carbocycles. The van der Waals surface area contributed by atoms with Crippen LogP contribution in [-0.4, -0.2) is 19.5 Å². The molecule has 4 heterocycles. The lowest BCUT2D eigenvalue weighted by atomic mass is 9.82. The summed E-state index contributed by atoms with van der Waals surface area (Å²) in [6.07, 6.45) is 11.3. The maximum atomic E-state index is 4.72. The van der Waals surface area contributed by atoms with Gasteiger partial charge in [0.15, 0.2) is 0 Å². The molecule has 50 heavy (non-hydrogen) atoms. The van der Waals surface area contributed by atoms with E-state index in [9.17, 15) is 0 Å². The SMILES string of the molecule is CC1(C)c2ccccc2-c2c1ccc1cc3c4ccccc4n(-c4cccc(-c5c(-c6ccncc6)cncc5-c5ccncc5)c4)c3cc21. The van der Waals surface area contributed by atoms with Gasteiger partial charge in [0, 0.05) is 75.7 Å². The zero-order chi connectivity index (χ0) is 33.4. The van der Waals surface area contributed by atoms with Gasteiger partial charge < -0.3 is 4.57 Å². The Morgan fingerprint density at radius 3 is 1.92 bits per heavy atom. The van der Waals surface area contributed by atoms with E-state index in [1.54, 1.807) is 0 Å². The second-order valence-corrected chi connectivity index (χ2v) is 13.7. The van der Waals surface area contributed by atoms with Crippen LogP contribution in [0.1, 0.15) is 25.0 Å². The van der Waals surface area contributed by atoms with Gasteiger partial charge in [-0.25, -0.2) is 0 Å². The van der Waals surface area contributed by atoms with Gasteiger partial charge in [-0.05, 0) is 104 Å². The summed E-state index contributed by atoms with van der Waals surface area (Å²) < 4.78 is 2.44. The predicted octanol–water partition coefficient (Wildman–Crippen LogP) is 11.4. The number of fused-ring (bicyclic) bond motifs is 8. The molecule has 0 atom stereocenters. The Kier molecular flexibility index (Phi) is 6.19. The molecule has 1 aliphatic carbocycles. The number of benzene rings is 5. The standard InChI is InChI=1S/C46H32N4/c1-46(2)40-12-5-3-11-35(40)45-36-26-43-37(25-31(36)14-15-41(45)46)34-10-4-6-13-42(34)50(43)33-9-7-8-32(24-33)44-38(29-16-20-47-21-17-29)27-49-28-39(44)30-18-22-48-23-19-30/h3-28H,1-2H3. The molecular formula is C46H32N4. The van der Waals surface area contributed by atoms with Crippen molar-refractivity contribution in [1.82, 2.24) is 19.5 Å². The van der Waals surface area contributed by atoms with Gasteiger partial charge in [-0.3, -0.25) is 15.0 Å². The van der Waals surface area contributed by atoms with E-state index in [2.05, 4.69) is 150 Å². The molecular weight excluding hydrogens is 609 g/mol. The quantitative estimate of drug-likeness (QED) is 0.192. The van der Waals surface area contributed by atoms with Crippen molar-refractivity contribution in [3.63, 3.8) is 0 Å². The lowest BCUT2D eigenvalue weighted by Crippen LogP contribution is -2.14. The van der Waals surface area contributed by atoms with Gasteiger partial charge in [-0.1, -0.05) is 80.6 Å². The number of hydrogen-bond donors (Lipinski definition) is 0. The van der Waals surface area contributed by atoms with Crippen molar-refractivity contribution >= 4 is 32.6 Å². The summed E-state index contributed by atoms with van der Waals surface area (Å²) in [5.74, 6) is 0. The first-order valence-electron chi connectivity index (χ1n) is 17.1.